The van der Waals surface area contributed by atoms with Gasteiger partial charge in [0.1, 0.15) is 5.00 Å². The van der Waals surface area contributed by atoms with Gasteiger partial charge in [-0.3, -0.25) is 14.5 Å². The molecule has 1 aromatic rings. The zero-order valence-corrected chi connectivity index (χ0v) is 13.7. The molecule has 0 unspecified atom stereocenters. The van der Waals surface area contributed by atoms with Crippen LogP contribution in [0.3, 0.4) is 0 Å². The van der Waals surface area contributed by atoms with Crippen LogP contribution in [-0.2, 0) is 14.8 Å². The normalized spacial score (nSPS) is 17.3. The number of carbonyl (C=O) groups is 2. The summed E-state index contributed by atoms with van der Waals surface area (Å²) in [5, 5.41) is 4.78. The first-order chi connectivity index (χ1) is 10.3. The van der Waals surface area contributed by atoms with Gasteiger partial charge in [0, 0.05) is 26.2 Å². The number of hydrogen-bond donors (Lipinski definition) is 2. The number of nitrogens with one attached hydrogen (secondary N) is 1. The van der Waals surface area contributed by atoms with E-state index in [2.05, 4.69) is 5.32 Å². The Balaban J connectivity index is 1.86. The fourth-order valence-corrected chi connectivity index (χ4v) is 3.82. The van der Waals surface area contributed by atoms with E-state index in [-0.39, 0.29) is 12.5 Å². The molecule has 0 atom stereocenters. The Bertz CT molecular complexity index is 662. The number of thiophene rings is 1. The van der Waals surface area contributed by atoms with Crippen LogP contribution in [0.2, 0.25) is 0 Å². The van der Waals surface area contributed by atoms with Gasteiger partial charge in [-0.1, -0.05) is 0 Å². The van der Waals surface area contributed by atoms with Gasteiger partial charge in [-0.25, -0.2) is 8.42 Å². The third-order valence-electron chi connectivity index (χ3n) is 3.35. The lowest BCUT2D eigenvalue weighted by atomic mass is 10.3. The van der Waals surface area contributed by atoms with Crippen LogP contribution in [0.25, 0.3) is 0 Å². The molecule has 3 N–H and O–H groups in total. The maximum atomic E-state index is 12.0. The minimum atomic E-state index is -3.18. The SMILES string of the molecule is CS(=O)(=O)N1CCN(CC(=O)Nc2sccc2C(N)=O)CC1. The van der Waals surface area contributed by atoms with E-state index in [0.29, 0.717) is 36.7 Å². The number of amides is 2. The van der Waals surface area contributed by atoms with Crippen LogP contribution < -0.4 is 11.1 Å². The highest BCUT2D eigenvalue weighted by molar-refractivity contribution is 7.88. The first-order valence-electron chi connectivity index (χ1n) is 6.62. The van der Waals surface area contributed by atoms with E-state index < -0.39 is 15.9 Å². The highest BCUT2D eigenvalue weighted by Crippen LogP contribution is 2.22. The number of carbonyl (C=O) groups excluding carboxylic acids is 2. The molecule has 0 aromatic carbocycles. The number of piperazine rings is 1. The van der Waals surface area contributed by atoms with Crippen LogP contribution >= 0.6 is 11.3 Å². The molecule has 10 heteroatoms. The minimum absolute atomic E-state index is 0.147. The molecule has 22 heavy (non-hydrogen) atoms. The molecule has 1 aliphatic rings. The lowest BCUT2D eigenvalue weighted by Crippen LogP contribution is -2.50. The molecule has 0 bridgehead atoms. The summed E-state index contributed by atoms with van der Waals surface area (Å²) in [5.74, 6) is -0.837. The monoisotopic (exact) mass is 346 g/mol. The Morgan fingerprint density at radius 1 is 1.32 bits per heavy atom. The molecule has 2 rings (SSSR count). The highest BCUT2D eigenvalue weighted by Gasteiger charge is 2.24. The molecule has 122 valence electrons. The summed E-state index contributed by atoms with van der Waals surface area (Å²) < 4.78 is 24.2. The fourth-order valence-electron chi connectivity index (χ4n) is 2.19. The molecule has 0 saturated carbocycles. The van der Waals surface area contributed by atoms with Gasteiger partial charge in [-0.15, -0.1) is 11.3 Å². The van der Waals surface area contributed by atoms with Crippen LogP contribution in [0.15, 0.2) is 11.4 Å². The van der Waals surface area contributed by atoms with Crippen LogP contribution in [0.4, 0.5) is 5.00 Å². The van der Waals surface area contributed by atoms with Gasteiger partial charge in [-0.05, 0) is 11.4 Å². The second-order valence-corrected chi connectivity index (χ2v) is 7.91. The summed E-state index contributed by atoms with van der Waals surface area (Å²) >= 11 is 1.23. The zero-order chi connectivity index (χ0) is 16.3. The Labute approximate surface area is 132 Å². The van der Waals surface area contributed by atoms with Gasteiger partial charge >= 0.3 is 0 Å². The van der Waals surface area contributed by atoms with E-state index in [0.717, 1.165) is 0 Å². The lowest BCUT2D eigenvalue weighted by Gasteiger charge is -2.32. The van der Waals surface area contributed by atoms with Gasteiger partial charge in [0.15, 0.2) is 0 Å². The number of rotatable bonds is 5. The fraction of sp³-hybridized carbons (Fsp3) is 0.500. The van der Waals surface area contributed by atoms with Gasteiger partial charge in [0.2, 0.25) is 15.9 Å². The Morgan fingerprint density at radius 3 is 2.50 bits per heavy atom. The zero-order valence-electron chi connectivity index (χ0n) is 12.1. The number of primary amides is 1. The summed E-state index contributed by atoms with van der Waals surface area (Å²) in [5.41, 5.74) is 5.51. The number of sulfonamides is 1. The topological polar surface area (TPSA) is 113 Å². The maximum Gasteiger partial charge on any atom is 0.251 e. The van der Waals surface area contributed by atoms with E-state index in [1.54, 1.807) is 11.4 Å². The largest absolute Gasteiger partial charge is 0.366 e. The number of hydrogen-bond acceptors (Lipinski definition) is 6. The van der Waals surface area contributed by atoms with E-state index in [1.165, 1.54) is 21.9 Å². The Hall–Kier alpha value is -1.49. The summed E-state index contributed by atoms with van der Waals surface area (Å²) in [6, 6.07) is 1.56. The molecular formula is C12H18N4O4S2. The number of nitrogens with zero attached hydrogens (tertiary/aromatic N) is 2. The van der Waals surface area contributed by atoms with E-state index in [4.69, 9.17) is 5.73 Å². The molecule has 8 nitrogen and oxygen atoms in total. The van der Waals surface area contributed by atoms with Crippen molar-refractivity contribution >= 4 is 38.2 Å². The highest BCUT2D eigenvalue weighted by atomic mass is 32.2. The third-order valence-corrected chi connectivity index (χ3v) is 5.48. The molecule has 2 amide bonds. The van der Waals surface area contributed by atoms with Gasteiger partial charge in [-0.2, -0.15) is 4.31 Å². The number of nitrogens with two attached hydrogens (primary N) is 1. The van der Waals surface area contributed by atoms with Crippen molar-refractivity contribution in [1.82, 2.24) is 9.21 Å². The first-order valence-corrected chi connectivity index (χ1v) is 9.35. The lowest BCUT2D eigenvalue weighted by molar-refractivity contribution is -0.117. The van der Waals surface area contributed by atoms with Gasteiger partial charge < -0.3 is 11.1 Å². The summed E-state index contributed by atoms with van der Waals surface area (Å²) in [6.45, 7) is 1.88. The van der Waals surface area contributed by atoms with Crippen molar-refractivity contribution in [3.63, 3.8) is 0 Å². The second-order valence-electron chi connectivity index (χ2n) is 5.01. The van der Waals surface area contributed by atoms with Crippen LogP contribution in [0.5, 0.6) is 0 Å². The standard InChI is InChI=1S/C12H18N4O4S2/c1-22(19,20)16-5-3-15(4-6-16)8-10(17)14-12-9(11(13)18)2-7-21-12/h2,7H,3-6,8H2,1H3,(H2,13,18)(H,14,17). The smallest absolute Gasteiger partial charge is 0.251 e. The molecule has 1 saturated heterocycles. The minimum Gasteiger partial charge on any atom is -0.366 e. The van der Waals surface area contributed by atoms with Crippen molar-refractivity contribution in [3.8, 4) is 0 Å². The van der Waals surface area contributed by atoms with Gasteiger partial charge in [0.25, 0.3) is 5.91 Å². The van der Waals surface area contributed by atoms with Crippen LogP contribution in [-0.4, -0.2) is 68.4 Å². The van der Waals surface area contributed by atoms with Crippen molar-refractivity contribution in [3.05, 3.63) is 17.0 Å². The quantitative estimate of drug-likeness (QED) is 0.736. The molecule has 1 aromatic heterocycles. The molecular weight excluding hydrogens is 328 g/mol. The molecule has 0 radical (unpaired) electrons. The predicted octanol–water partition coefficient (Wildman–Crippen LogP) is -0.637. The average molecular weight is 346 g/mol. The van der Waals surface area contributed by atoms with Crippen LogP contribution in [0, 0.1) is 0 Å². The summed E-state index contributed by atoms with van der Waals surface area (Å²) in [6.07, 6.45) is 1.18. The summed E-state index contributed by atoms with van der Waals surface area (Å²) in [7, 11) is -3.18. The second kappa shape index (κ2) is 6.73. The molecule has 2 heterocycles. The Morgan fingerprint density at radius 2 is 1.95 bits per heavy atom. The third kappa shape index (κ3) is 4.26. The number of anilines is 1. The summed E-state index contributed by atoms with van der Waals surface area (Å²) in [4.78, 5) is 25.1. The van der Waals surface area contributed by atoms with Crippen LogP contribution in [0.1, 0.15) is 10.4 Å². The predicted molar refractivity (Wildman–Crippen MR) is 84.3 cm³/mol. The van der Waals surface area contributed by atoms with E-state index in [1.807, 2.05) is 4.90 Å². The van der Waals surface area contributed by atoms with E-state index in [9.17, 15) is 18.0 Å². The molecule has 0 spiro atoms. The maximum absolute atomic E-state index is 12.0. The Kier molecular flexibility index (Phi) is 5.16. The van der Waals surface area contributed by atoms with Gasteiger partial charge in [0.05, 0.1) is 18.4 Å². The molecule has 1 fully saturated rings. The van der Waals surface area contributed by atoms with Crippen molar-refractivity contribution in [2.45, 2.75) is 0 Å². The van der Waals surface area contributed by atoms with Crippen molar-refractivity contribution in [2.24, 2.45) is 5.73 Å². The average Bonchev–Trinajstić information content (AvgIpc) is 2.86. The molecule has 1 aliphatic heterocycles. The van der Waals surface area contributed by atoms with Crippen molar-refractivity contribution in [2.75, 3.05) is 44.3 Å². The first kappa shape index (κ1) is 16.9. The molecule has 0 aliphatic carbocycles. The van der Waals surface area contributed by atoms with Crippen molar-refractivity contribution < 1.29 is 18.0 Å². The van der Waals surface area contributed by atoms with E-state index >= 15 is 0 Å². The van der Waals surface area contributed by atoms with Crippen molar-refractivity contribution in [1.29, 1.82) is 0 Å².